The van der Waals surface area contributed by atoms with Crippen LogP contribution < -0.4 is 11.5 Å². The van der Waals surface area contributed by atoms with Crippen molar-refractivity contribution in [3.63, 3.8) is 0 Å². The minimum Gasteiger partial charge on any atom is -0.383 e. The fourth-order valence-corrected chi connectivity index (χ4v) is 4.71. The van der Waals surface area contributed by atoms with Gasteiger partial charge in [-0.15, -0.1) is 0 Å². The Hall–Kier alpha value is -3.25. The third kappa shape index (κ3) is 2.64. The van der Waals surface area contributed by atoms with E-state index in [1.807, 2.05) is 12.1 Å². The number of fused-ring (bicyclic) bond motifs is 2. The van der Waals surface area contributed by atoms with Crippen molar-refractivity contribution in [3.05, 3.63) is 65.5 Å². The van der Waals surface area contributed by atoms with Gasteiger partial charge in [0.05, 0.1) is 5.56 Å². The average molecular weight is 396 g/mol. The number of hydrogen-bond donors (Lipinski definition) is 2. The lowest BCUT2D eigenvalue weighted by Crippen LogP contribution is -2.11. The Morgan fingerprint density at radius 3 is 2.70 bits per heavy atom. The molecule has 0 aliphatic heterocycles. The van der Waals surface area contributed by atoms with Crippen LogP contribution in [0.1, 0.15) is 54.5 Å². The summed E-state index contributed by atoms with van der Waals surface area (Å²) >= 11 is 0. The summed E-state index contributed by atoms with van der Waals surface area (Å²) in [5, 5.41) is 0. The van der Waals surface area contributed by atoms with Crippen molar-refractivity contribution in [1.29, 1.82) is 0 Å². The van der Waals surface area contributed by atoms with Crippen LogP contribution in [0.3, 0.4) is 0 Å². The number of anilines is 1. The van der Waals surface area contributed by atoms with E-state index in [0.717, 1.165) is 46.8 Å². The molecule has 1 saturated carbocycles. The second-order valence-corrected chi connectivity index (χ2v) is 8.44. The van der Waals surface area contributed by atoms with E-state index in [1.165, 1.54) is 30.4 Å². The Kier molecular flexibility index (Phi) is 3.89. The third-order valence-electron chi connectivity index (χ3n) is 6.64. The highest BCUT2D eigenvalue weighted by atomic mass is 15.1. The zero-order chi connectivity index (χ0) is 20.2. The van der Waals surface area contributed by atoms with Crippen LogP contribution in [0.15, 0.2) is 48.7 Å². The number of hydrogen-bond acceptors (Lipinski definition) is 5. The van der Waals surface area contributed by atoms with E-state index < -0.39 is 0 Å². The highest BCUT2D eigenvalue weighted by Gasteiger charge is 2.25. The quantitative estimate of drug-likeness (QED) is 0.539. The van der Waals surface area contributed by atoms with Crippen molar-refractivity contribution in [2.75, 3.05) is 5.73 Å². The lowest BCUT2D eigenvalue weighted by Gasteiger charge is -2.24. The summed E-state index contributed by atoms with van der Waals surface area (Å²) in [6.45, 7) is 0. The van der Waals surface area contributed by atoms with Gasteiger partial charge in [-0.1, -0.05) is 12.5 Å². The van der Waals surface area contributed by atoms with Crippen molar-refractivity contribution >= 4 is 17.0 Å². The summed E-state index contributed by atoms with van der Waals surface area (Å²) in [5.41, 5.74) is 19.8. The molecule has 6 heteroatoms. The highest BCUT2D eigenvalue weighted by molar-refractivity contribution is 5.83. The summed E-state index contributed by atoms with van der Waals surface area (Å²) in [4.78, 5) is 14.3. The molecule has 6 nitrogen and oxygen atoms in total. The monoisotopic (exact) mass is 396 g/mol. The van der Waals surface area contributed by atoms with Crippen LogP contribution in [0.2, 0.25) is 0 Å². The summed E-state index contributed by atoms with van der Waals surface area (Å²) in [6, 6.07) is 14.7. The van der Waals surface area contributed by atoms with Gasteiger partial charge < -0.3 is 11.5 Å². The number of imidazole rings is 1. The van der Waals surface area contributed by atoms with Crippen LogP contribution in [0, 0.1) is 0 Å². The first-order valence-electron chi connectivity index (χ1n) is 10.7. The van der Waals surface area contributed by atoms with Gasteiger partial charge >= 0.3 is 0 Å². The van der Waals surface area contributed by atoms with Gasteiger partial charge in [0.25, 0.3) is 0 Å². The van der Waals surface area contributed by atoms with Gasteiger partial charge in [0.2, 0.25) is 0 Å². The number of pyridine rings is 2. The summed E-state index contributed by atoms with van der Waals surface area (Å²) in [5.74, 6) is 1.80. The molecule has 0 spiro atoms. The Bertz CT molecular complexity index is 1270. The molecule has 2 aliphatic rings. The van der Waals surface area contributed by atoms with Crippen molar-refractivity contribution in [2.24, 2.45) is 5.73 Å². The standard InChI is InChI=1S/C24H24N6/c25-19-9-6-15-13-16(7-8-17(15)19)30-23(18-5-2-12-27-22(18)26)29-21-11-10-20(28-24(21)30)14-3-1-4-14/h2,5,7-8,10-14,19H,1,3-4,6,9,25H2,(H2,26,27)/t19-/m0/s1. The molecule has 0 amide bonds. The summed E-state index contributed by atoms with van der Waals surface area (Å²) in [6.07, 6.45) is 7.41. The zero-order valence-electron chi connectivity index (χ0n) is 16.8. The molecule has 1 aromatic carbocycles. The van der Waals surface area contributed by atoms with E-state index in [4.69, 9.17) is 21.4 Å². The fourth-order valence-electron chi connectivity index (χ4n) is 4.71. The molecule has 1 atom stereocenters. The molecule has 0 radical (unpaired) electrons. The molecule has 150 valence electrons. The normalized spacial score (nSPS) is 18.5. The zero-order valence-corrected chi connectivity index (χ0v) is 16.8. The van der Waals surface area contributed by atoms with E-state index in [9.17, 15) is 0 Å². The topological polar surface area (TPSA) is 95.6 Å². The molecule has 3 aromatic heterocycles. The molecule has 30 heavy (non-hydrogen) atoms. The van der Waals surface area contributed by atoms with Gasteiger partial charge in [0.1, 0.15) is 11.3 Å². The number of nitrogen functional groups attached to an aromatic ring is 1. The fraction of sp³-hybridized carbons (Fsp3) is 0.292. The van der Waals surface area contributed by atoms with Gasteiger partial charge in [-0.2, -0.15) is 0 Å². The maximum absolute atomic E-state index is 6.27. The SMILES string of the molecule is Nc1ncccc1-c1nc2ccc(C3CCC3)nc2n1-c1ccc2c(c1)CC[C@@H]2N. The van der Waals surface area contributed by atoms with Crippen LogP contribution in [0.4, 0.5) is 5.82 Å². The Labute approximate surface area is 175 Å². The minimum absolute atomic E-state index is 0.130. The predicted octanol–water partition coefficient (Wildman–Crippen LogP) is 4.28. The number of aryl methyl sites for hydroxylation is 1. The molecule has 0 bridgehead atoms. The molecule has 6 rings (SSSR count). The molecule has 0 saturated heterocycles. The number of rotatable bonds is 3. The van der Waals surface area contributed by atoms with Crippen LogP contribution in [0.25, 0.3) is 28.2 Å². The number of aromatic nitrogens is 4. The summed E-state index contributed by atoms with van der Waals surface area (Å²) in [7, 11) is 0. The van der Waals surface area contributed by atoms with E-state index in [-0.39, 0.29) is 6.04 Å². The number of benzene rings is 1. The van der Waals surface area contributed by atoms with Gasteiger partial charge in [0, 0.05) is 29.5 Å². The molecule has 2 aliphatic carbocycles. The first kappa shape index (κ1) is 17.6. The maximum Gasteiger partial charge on any atom is 0.165 e. The van der Waals surface area contributed by atoms with Gasteiger partial charge in [0.15, 0.2) is 11.5 Å². The number of nitrogens with zero attached hydrogens (tertiary/aromatic N) is 4. The molecular weight excluding hydrogens is 372 g/mol. The van der Waals surface area contributed by atoms with Gasteiger partial charge in [-0.3, -0.25) is 4.57 Å². The first-order valence-corrected chi connectivity index (χ1v) is 10.7. The van der Waals surface area contributed by atoms with Crippen molar-refractivity contribution in [2.45, 2.75) is 44.1 Å². The van der Waals surface area contributed by atoms with Crippen LogP contribution in [0.5, 0.6) is 0 Å². The number of nitrogens with two attached hydrogens (primary N) is 2. The molecule has 1 fully saturated rings. The highest BCUT2D eigenvalue weighted by Crippen LogP contribution is 2.38. The third-order valence-corrected chi connectivity index (χ3v) is 6.64. The Balaban J connectivity index is 1.61. The first-order chi connectivity index (χ1) is 14.7. The van der Waals surface area contributed by atoms with Crippen LogP contribution in [-0.4, -0.2) is 19.5 Å². The van der Waals surface area contributed by atoms with Gasteiger partial charge in [-0.25, -0.2) is 15.0 Å². The Morgan fingerprint density at radius 2 is 1.90 bits per heavy atom. The molecule has 3 heterocycles. The largest absolute Gasteiger partial charge is 0.383 e. The van der Waals surface area contributed by atoms with Crippen molar-refractivity contribution < 1.29 is 0 Å². The maximum atomic E-state index is 6.27. The van der Waals surface area contributed by atoms with E-state index in [1.54, 1.807) is 6.20 Å². The average Bonchev–Trinajstić information content (AvgIpc) is 3.27. The van der Waals surface area contributed by atoms with E-state index >= 15 is 0 Å². The molecule has 4 N–H and O–H groups in total. The van der Waals surface area contributed by atoms with Crippen molar-refractivity contribution in [1.82, 2.24) is 19.5 Å². The van der Waals surface area contributed by atoms with Gasteiger partial charge in [-0.05, 0) is 73.2 Å². The Morgan fingerprint density at radius 1 is 1.00 bits per heavy atom. The minimum atomic E-state index is 0.130. The van der Waals surface area contributed by atoms with E-state index in [0.29, 0.717) is 11.7 Å². The second-order valence-electron chi connectivity index (χ2n) is 8.44. The van der Waals surface area contributed by atoms with Crippen molar-refractivity contribution in [3.8, 4) is 17.1 Å². The lowest BCUT2D eigenvalue weighted by atomic mass is 9.83. The van der Waals surface area contributed by atoms with Crippen LogP contribution >= 0.6 is 0 Å². The molecular formula is C24H24N6. The predicted molar refractivity (Wildman–Crippen MR) is 118 cm³/mol. The smallest absolute Gasteiger partial charge is 0.165 e. The van der Waals surface area contributed by atoms with E-state index in [2.05, 4.69) is 39.9 Å². The second kappa shape index (κ2) is 6.64. The van der Waals surface area contributed by atoms with Crippen LogP contribution in [-0.2, 0) is 6.42 Å². The molecule has 0 unspecified atom stereocenters. The lowest BCUT2D eigenvalue weighted by molar-refractivity contribution is 0.412. The summed E-state index contributed by atoms with van der Waals surface area (Å²) < 4.78 is 2.13. The molecule has 4 aromatic rings.